The van der Waals surface area contributed by atoms with Crippen LogP contribution < -0.4 is 5.32 Å². The van der Waals surface area contributed by atoms with Crippen LogP contribution in [0.2, 0.25) is 0 Å². The first-order valence-electron chi connectivity index (χ1n) is 7.32. The first kappa shape index (κ1) is 14.0. The highest BCUT2D eigenvalue weighted by Gasteiger charge is 2.38. The first-order chi connectivity index (χ1) is 10.2. The molecule has 0 aliphatic carbocycles. The highest BCUT2D eigenvalue weighted by molar-refractivity contribution is 5.97. The Morgan fingerprint density at radius 3 is 2.90 bits per heavy atom. The fraction of sp³-hybridized carbons (Fsp3) is 0.533. The predicted molar refractivity (Wildman–Crippen MR) is 76.5 cm³/mol. The summed E-state index contributed by atoms with van der Waals surface area (Å²) in [6, 6.07) is 3.78. The Hall–Kier alpha value is -1.95. The van der Waals surface area contributed by atoms with E-state index in [4.69, 9.17) is 4.74 Å². The van der Waals surface area contributed by atoms with E-state index in [0.29, 0.717) is 31.9 Å². The molecule has 1 N–H and O–H groups in total. The van der Waals surface area contributed by atoms with Gasteiger partial charge >= 0.3 is 0 Å². The molecule has 2 fully saturated rings. The first-order valence-corrected chi connectivity index (χ1v) is 7.32. The fourth-order valence-electron chi connectivity index (χ4n) is 2.94. The smallest absolute Gasteiger partial charge is 0.229 e. The molecular formula is C15H19N3O3. The van der Waals surface area contributed by atoms with Gasteiger partial charge < -0.3 is 15.0 Å². The maximum atomic E-state index is 12.2. The van der Waals surface area contributed by atoms with E-state index in [1.165, 1.54) is 0 Å². The molecule has 1 unspecified atom stereocenters. The third-order valence-corrected chi connectivity index (χ3v) is 4.09. The van der Waals surface area contributed by atoms with Crippen molar-refractivity contribution in [2.45, 2.75) is 25.3 Å². The molecule has 0 saturated carbocycles. The van der Waals surface area contributed by atoms with Crippen LogP contribution >= 0.6 is 0 Å². The molecule has 0 aromatic carbocycles. The molecule has 6 heteroatoms. The van der Waals surface area contributed by atoms with Gasteiger partial charge in [-0.1, -0.05) is 0 Å². The minimum absolute atomic E-state index is 0.0771. The largest absolute Gasteiger partial charge is 0.381 e. The Morgan fingerprint density at radius 1 is 1.38 bits per heavy atom. The predicted octanol–water partition coefficient (Wildman–Crippen LogP) is 1.05. The van der Waals surface area contributed by atoms with Gasteiger partial charge in [0.1, 0.15) is 0 Å². The summed E-state index contributed by atoms with van der Waals surface area (Å²) < 4.78 is 5.32. The number of rotatable bonds is 3. The number of aromatic nitrogens is 1. The van der Waals surface area contributed by atoms with Crippen molar-refractivity contribution in [3.05, 3.63) is 24.5 Å². The van der Waals surface area contributed by atoms with Crippen LogP contribution in [0.3, 0.4) is 0 Å². The topological polar surface area (TPSA) is 71.5 Å². The van der Waals surface area contributed by atoms with Gasteiger partial charge in [0, 0.05) is 38.4 Å². The van der Waals surface area contributed by atoms with Gasteiger partial charge in [0.2, 0.25) is 11.8 Å². The lowest BCUT2D eigenvalue weighted by Crippen LogP contribution is -2.41. The average Bonchev–Trinajstić information content (AvgIpc) is 2.91. The average molecular weight is 289 g/mol. The van der Waals surface area contributed by atoms with Crippen LogP contribution in [0, 0.1) is 5.92 Å². The second-order valence-electron chi connectivity index (χ2n) is 5.52. The summed E-state index contributed by atoms with van der Waals surface area (Å²) in [7, 11) is 0. The molecule has 2 aliphatic rings. The Morgan fingerprint density at radius 2 is 2.19 bits per heavy atom. The third-order valence-electron chi connectivity index (χ3n) is 4.09. The Kier molecular flexibility index (Phi) is 4.15. The zero-order valence-electron chi connectivity index (χ0n) is 11.8. The highest BCUT2D eigenvalue weighted by atomic mass is 16.5. The van der Waals surface area contributed by atoms with Crippen LogP contribution in [-0.4, -0.2) is 47.5 Å². The molecule has 1 aromatic heterocycles. The van der Waals surface area contributed by atoms with E-state index >= 15 is 0 Å². The number of carbonyl (C=O) groups excluding carboxylic acids is 2. The van der Waals surface area contributed by atoms with Crippen molar-refractivity contribution in [1.29, 1.82) is 0 Å². The lowest BCUT2D eigenvalue weighted by atomic mass is 10.1. The van der Waals surface area contributed by atoms with Crippen LogP contribution in [0.15, 0.2) is 24.5 Å². The monoisotopic (exact) mass is 289 g/mol. The summed E-state index contributed by atoms with van der Waals surface area (Å²) in [5.41, 5.74) is 0.666. The molecule has 3 rings (SSSR count). The van der Waals surface area contributed by atoms with E-state index in [1.54, 1.807) is 24.5 Å². The highest BCUT2D eigenvalue weighted by Crippen LogP contribution is 2.25. The molecule has 0 bridgehead atoms. The normalized spacial score (nSPS) is 23.3. The number of amides is 2. The number of nitrogens with one attached hydrogen (secondary N) is 1. The van der Waals surface area contributed by atoms with Crippen molar-refractivity contribution >= 4 is 17.5 Å². The van der Waals surface area contributed by atoms with Gasteiger partial charge in [0.15, 0.2) is 0 Å². The zero-order chi connectivity index (χ0) is 14.7. The number of hydrogen-bond donors (Lipinski definition) is 1. The van der Waals surface area contributed by atoms with Crippen molar-refractivity contribution < 1.29 is 14.3 Å². The van der Waals surface area contributed by atoms with E-state index < -0.39 is 0 Å². The maximum Gasteiger partial charge on any atom is 0.229 e. The number of anilines is 1. The van der Waals surface area contributed by atoms with E-state index in [9.17, 15) is 9.59 Å². The van der Waals surface area contributed by atoms with Crippen molar-refractivity contribution in [1.82, 2.24) is 9.88 Å². The molecule has 0 spiro atoms. The Labute approximate surface area is 123 Å². The number of ether oxygens (including phenoxy) is 1. The lowest BCUT2D eigenvalue weighted by molar-refractivity contribution is -0.131. The number of likely N-dealkylation sites (tertiary alicyclic amines) is 1. The molecule has 21 heavy (non-hydrogen) atoms. The number of carbonyl (C=O) groups is 2. The van der Waals surface area contributed by atoms with Crippen LogP contribution in [0.5, 0.6) is 0 Å². The summed E-state index contributed by atoms with van der Waals surface area (Å²) in [5.74, 6) is -0.306. The van der Waals surface area contributed by atoms with Crippen LogP contribution in [-0.2, 0) is 14.3 Å². The molecule has 6 nitrogen and oxygen atoms in total. The zero-order valence-corrected chi connectivity index (χ0v) is 11.8. The number of pyridine rings is 1. The van der Waals surface area contributed by atoms with Gasteiger partial charge in [-0.2, -0.15) is 0 Å². The van der Waals surface area contributed by atoms with Crippen LogP contribution in [0.4, 0.5) is 5.69 Å². The van der Waals surface area contributed by atoms with Gasteiger partial charge in [0.05, 0.1) is 17.8 Å². The molecule has 1 atom stereocenters. The summed E-state index contributed by atoms with van der Waals surface area (Å²) in [5, 5.41) is 2.82. The standard InChI is InChI=1S/C15H19N3O3/c19-14-8-11(10-18(14)13-3-6-21-7-4-13)15(20)17-12-2-1-5-16-9-12/h1-2,5,9,11,13H,3-4,6-8,10H2,(H,17,20). The quantitative estimate of drug-likeness (QED) is 0.902. The lowest BCUT2D eigenvalue weighted by Gasteiger charge is -2.31. The summed E-state index contributed by atoms with van der Waals surface area (Å²) in [6.07, 6.45) is 5.28. The van der Waals surface area contributed by atoms with E-state index in [0.717, 1.165) is 12.8 Å². The Bertz CT molecular complexity index is 514. The van der Waals surface area contributed by atoms with Crippen LogP contribution in [0.1, 0.15) is 19.3 Å². The van der Waals surface area contributed by atoms with Crippen molar-refractivity contribution in [2.24, 2.45) is 5.92 Å². The number of nitrogens with zero attached hydrogens (tertiary/aromatic N) is 2. The molecule has 2 aliphatic heterocycles. The fourth-order valence-corrected chi connectivity index (χ4v) is 2.94. The molecule has 3 heterocycles. The van der Waals surface area contributed by atoms with E-state index in [2.05, 4.69) is 10.3 Å². The molecular weight excluding hydrogens is 270 g/mol. The minimum atomic E-state index is -0.277. The summed E-state index contributed by atoms with van der Waals surface area (Å²) in [4.78, 5) is 30.2. The molecule has 112 valence electrons. The SMILES string of the molecule is O=C(Nc1cccnc1)C1CC(=O)N(C2CCOCC2)C1. The molecule has 2 amide bonds. The third kappa shape index (κ3) is 3.21. The van der Waals surface area contributed by atoms with Gasteiger partial charge in [-0.05, 0) is 25.0 Å². The Balaban J connectivity index is 1.60. The van der Waals surface area contributed by atoms with Crippen molar-refractivity contribution in [2.75, 3.05) is 25.1 Å². The van der Waals surface area contributed by atoms with Gasteiger partial charge in [0.25, 0.3) is 0 Å². The molecule has 1 aromatic rings. The molecule has 2 saturated heterocycles. The number of hydrogen-bond acceptors (Lipinski definition) is 4. The van der Waals surface area contributed by atoms with Gasteiger partial charge in [-0.15, -0.1) is 0 Å². The minimum Gasteiger partial charge on any atom is -0.381 e. The van der Waals surface area contributed by atoms with Crippen LogP contribution in [0.25, 0.3) is 0 Å². The second kappa shape index (κ2) is 6.22. The van der Waals surface area contributed by atoms with Crippen molar-refractivity contribution in [3.8, 4) is 0 Å². The maximum absolute atomic E-state index is 12.2. The van der Waals surface area contributed by atoms with E-state index in [1.807, 2.05) is 4.90 Å². The second-order valence-corrected chi connectivity index (χ2v) is 5.52. The van der Waals surface area contributed by atoms with Gasteiger partial charge in [-0.25, -0.2) is 0 Å². The summed E-state index contributed by atoms with van der Waals surface area (Å²) >= 11 is 0. The van der Waals surface area contributed by atoms with E-state index in [-0.39, 0.29) is 23.8 Å². The summed E-state index contributed by atoms with van der Waals surface area (Å²) in [6.45, 7) is 1.90. The van der Waals surface area contributed by atoms with Gasteiger partial charge in [-0.3, -0.25) is 14.6 Å². The van der Waals surface area contributed by atoms with Crippen molar-refractivity contribution in [3.63, 3.8) is 0 Å². The molecule has 0 radical (unpaired) electrons.